The molecule has 3 aromatic rings. The number of hydrogen-bond donors (Lipinski definition) is 3. The summed E-state index contributed by atoms with van der Waals surface area (Å²) in [7, 11) is 1.51. The van der Waals surface area contributed by atoms with Crippen LogP contribution in [0.1, 0.15) is 23.7 Å². The summed E-state index contributed by atoms with van der Waals surface area (Å²) in [5.74, 6) is -2.26. The van der Waals surface area contributed by atoms with Crippen LogP contribution in [0.5, 0.6) is 0 Å². The SMILES string of the molecule is CCC(C(N)=O)N(C)c1nc(Nc2ccc3cnccc3c2)c(C(N)=O)cc1F. The molecule has 0 aliphatic carbocycles. The summed E-state index contributed by atoms with van der Waals surface area (Å²) in [5.41, 5.74) is 11.3. The van der Waals surface area contributed by atoms with Crippen molar-refractivity contribution in [3.8, 4) is 0 Å². The molecule has 0 fully saturated rings. The van der Waals surface area contributed by atoms with Crippen molar-refractivity contribution in [3.63, 3.8) is 0 Å². The summed E-state index contributed by atoms with van der Waals surface area (Å²) in [5, 5.41) is 4.87. The van der Waals surface area contributed by atoms with E-state index in [1.54, 1.807) is 25.4 Å². The number of pyridine rings is 2. The molecular weight excluding hydrogens is 375 g/mol. The first-order chi connectivity index (χ1) is 13.8. The lowest BCUT2D eigenvalue weighted by Crippen LogP contribution is -2.43. The summed E-state index contributed by atoms with van der Waals surface area (Å²) in [4.78, 5) is 33.2. The highest BCUT2D eigenvalue weighted by molar-refractivity contribution is 5.99. The molecule has 1 unspecified atom stereocenters. The minimum atomic E-state index is -0.833. The van der Waals surface area contributed by atoms with Gasteiger partial charge in [-0.2, -0.15) is 0 Å². The number of likely N-dealkylation sites (N-methyl/N-ethyl adjacent to an activating group) is 1. The maximum absolute atomic E-state index is 14.6. The zero-order valence-electron chi connectivity index (χ0n) is 16.0. The second-order valence-electron chi connectivity index (χ2n) is 6.55. The van der Waals surface area contributed by atoms with Crippen LogP contribution in [0.2, 0.25) is 0 Å². The van der Waals surface area contributed by atoms with Gasteiger partial charge in [0, 0.05) is 30.5 Å². The molecule has 9 heteroatoms. The van der Waals surface area contributed by atoms with Crippen molar-refractivity contribution in [2.45, 2.75) is 19.4 Å². The van der Waals surface area contributed by atoms with E-state index in [2.05, 4.69) is 15.3 Å². The fourth-order valence-electron chi connectivity index (χ4n) is 3.12. The molecule has 5 N–H and O–H groups in total. The molecular formula is C20H21FN6O2. The Balaban J connectivity index is 2.05. The molecule has 2 aromatic heterocycles. The van der Waals surface area contributed by atoms with Crippen LogP contribution >= 0.6 is 0 Å². The molecule has 2 amide bonds. The highest BCUT2D eigenvalue weighted by Crippen LogP contribution is 2.28. The van der Waals surface area contributed by atoms with E-state index in [1.807, 2.05) is 18.2 Å². The largest absolute Gasteiger partial charge is 0.368 e. The Morgan fingerprint density at radius 1 is 1.21 bits per heavy atom. The Labute approximate surface area is 166 Å². The molecule has 1 atom stereocenters. The molecule has 0 radical (unpaired) electrons. The number of primary amides is 2. The van der Waals surface area contributed by atoms with Crippen LogP contribution in [0, 0.1) is 5.82 Å². The number of hydrogen-bond acceptors (Lipinski definition) is 6. The Bertz CT molecular complexity index is 1090. The van der Waals surface area contributed by atoms with Gasteiger partial charge in [0.15, 0.2) is 11.6 Å². The Hall–Kier alpha value is -3.75. The number of aromatic nitrogens is 2. The average Bonchev–Trinajstić information content (AvgIpc) is 2.68. The van der Waals surface area contributed by atoms with Crippen molar-refractivity contribution >= 4 is 39.9 Å². The summed E-state index contributed by atoms with van der Waals surface area (Å²) >= 11 is 0. The van der Waals surface area contributed by atoms with Crippen LogP contribution in [-0.2, 0) is 4.79 Å². The molecule has 2 heterocycles. The number of carbonyl (C=O) groups is 2. The number of nitrogens with one attached hydrogen (secondary N) is 1. The molecule has 0 saturated carbocycles. The van der Waals surface area contributed by atoms with E-state index in [0.717, 1.165) is 16.8 Å². The predicted octanol–water partition coefficient (Wildman–Crippen LogP) is 2.31. The number of fused-ring (bicyclic) bond motifs is 1. The third kappa shape index (κ3) is 4.08. The smallest absolute Gasteiger partial charge is 0.252 e. The van der Waals surface area contributed by atoms with Crippen LogP contribution in [-0.4, -0.2) is 34.9 Å². The van der Waals surface area contributed by atoms with Gasteiger partial charge in [-0.3, -0.25) is 14.6 Å². The second kappa shape index (κ2) is 8.09. The number of rotatable bonds is 7. The fraction of sp³-hybridized carbons (Fsp3) is 0.200. The van der Waals surface area contributed by atoms with Gasteiger partial charge >= 0.3 is 0 Å². The third-order valence-electron chi connectivity index (χ3n) is 4.64. The number of anilines is 3. The maximum atomic E-state index is 14.6. The quantitative estimate of drug-likeness (QED) is 0.562. The molecule has 0 spiro atoms. The van der Waals surface area contributed by atoms with Crippen molar-refractivity contribution in [1.29, 1.82) is 0 Å². The summed E-state index contributed by atoms with van der Waals surface area (Å²) in [6, 6.07) is 7.56. The van der Waals surface area contributed by atoms with Crippen molar-refractivity contribution in [2.24, 2.45) is 11.5 Å². The normalized spacial score (nSPS) is 11.8. The maximum Gasteiger partial charge on any atom is 0.252 e. The van der Waals surface area contributed by atoms with E-state index in [4.69, 9.17) is 11.5 Å². The summed E-state index contributed by atoms with van der Waals surface area (Å²) < 4.78 is 14.6. The molecule has 8 nitrogen and oxygen atoms in total. The first-order valence-corrected chi connectivity index (χ1v) is 8.95. The van der Waals surface area contributed by atoms with Crippen molar-refractivity contribution < 1.29 is 14.0 Å². The number of benzene rings is 1. The van der Waals surface area contributed by atoms with Gasteiger partial charge in [-0.1, -0.05) is 13.0 Å². The molecule has 0 aliphatic heterocycles. The minimum absolute atomic E-state index is 0.0773. The number of halogens is 1. The van der Waals surface area contributed by atoms with Crippen molar-refractivity contribution in [2.75, 3.05) is 17.3 Å². The van der Waals surface area contributed by atoms with E-state index >= 15 is 0 Å². The monoisotopic (exact) mass is 396 g/mol. The molecule has 3 rings (SSSR count). The van der Waals surface area contributed by atoms with Crippen LogP contribution in [0.4, 0.5) is 21.7 Å². The molecule has 0 saturated heterocycles. The number of nitrogens with two attached hydrogens (primary N) is 2. The van der Waals surface area contributed by atoms with Gasteiger partial charge in [0.05, 0.1) is 5.56 Å². The minimum Gasteiger partial charge on any atom is -0.368 e. The van der Waals surface area contributed by atoms with E-state index in [0.29, 0.717) is 12.1 Å². The van der Waals surface area contributed by atoms with E-state index in [-0.39, 0.29) is 17.2 Å². The van der Waals surface area contributed by atoms with Gasteiger partial charge in [0.1, 0.15) is 11.9 Å². The summed E-state index contributed by atoms with van der Waals surface area (Å²) in [6.45, 7) is 1.75. The standard InChI is InChI=1S/C20H21FN6O2/c1-3-16(18(23)29)27(2)20-15(21)9-14(17(22)28)19(26-20)25-13-5-4-12-10-24-7-6-11(12)8-13/h4-10,16H,3H2,1-2H3,(H2,22,28)(H2,23,29)(H,25,26). The lowest BCUT2D eigenvalue weighted by atomic mass is 10.1. The lowest BCUT2D eigenvalue weighted by Gasteiger charge is -2.26. The summed E-state index contributed by atoms with van der Waals surface area (Å²) in [6.07, 6.45) is 3.76. The van der Waals surface area contributed by atoms with E-state index < -0.39 is 23.7 Å². The van der Waals surface area contributed by atoms with Crippen LogP contribution in [0.3, 0.4) is 0 Å². The Kier molecular flexibility index (Phi) is 5.58. The highest BCUT2D eigenvalue weighted by Gasteiger charge is 2.25. The van der Waals surface area contributed by atoms with Crippen LogP contribution < -0.4 is 21.7 Å². The van der Waals surface area contributed by atoms with Crippen molar-refractivity contribution in [3.05, 3.63) is 54.1 Å². The van der Waals surface area contributed by atoms with Crippen molar-refractivity contribution in [1.82, 2.24) is 9.97 Å². The van der Waals surface area contributed by atoms with Gasteiger partial charge in [-0.05, 0) is 36.1 Å². The third-order valence-corrected chi connectivity index (χ3v) is 4.64. The van der Waals surface area contributed by atoms with Gasteiger partial charge in [0.2, 0.25) is 5.91 Å². The first kappa shape index (κ1) is 20.0. The zero-order chi connectivity index (χ0) is 21.1. The number of carbonyl (C=O) groups excluding carboxylic acids is 2. The Morgan fingerprint density at radius 3 is 2.62 bits per heavy atom. The molecule has 1 aromatic carbocycles. The molecule has 0 bridgehead atoms. The fourth-order valence-corrected chi connectivity index (χ4v) is 3.12. The van der Waals surface area contributed by atoms with Gasteiger partial charge in [0.25, 0.3) is 5.91 Å². The van der Waals surface area contributed by atoms with Gasteiger partial charge in [-0.15, -0.1) is 0 Å². The van der Waals surface area contributed by atoms with E-state index in [9.17, 15) is 14.0 Å². The molecule has 0 aliphatic rings. The van der Waals surface area contributed by atoms with Gasteiger partial charge in [-0.25, -0.2) is 9.37 Å². The second-order valence-corrected chi connectivity index (χ2v) is 6.55. The molecule has 29 heavy (non-hydrogen) atoms. The highest BCUT2D eigenvalue weighted by atomic mass is 19.1. The number of amides is 2. The Morgan fingerprint density at radius 2 is 1.97 bits per heavy atom. The number of nitrogens with zero attached hydrogens (tertiary/aromatic N) is 3. The first-order valence-electron chi connectivity index (χ1n) is 8.95. The lowest BCUT2D eigenvalue weighted by molar-refractivity contribution is -0.119. The molecule has 150 valence electrons. The topological polar surface area (TPSA) is 127 Å². The van der Waals surface area contributed by atoms with Crippen LogP contribution in [0.25, 0.3) is 10.8 Å². The van der Waals surface area contributed by atoms with Gasteiger partial charge < -0.3 is 21.7 Å². The predicted molar refractivity (Wildman–Crippen MR) is 109 cm³/mol. The average molecular weight is 396 g/mol. The van der Waals surface area contributed by atoms with Crippen LogP contribution in [0.15, 0.2) is 42.7 Å². The van der Waals surface area contributed by atoms with E-state index in [1.165, 1.54) is 11.9 Å². The zero-order valence-corrected chi connectivity index (χ0v) is 16.0.